The van der Waals surface area contributed by atoms with Gasteiger partial charge in [-0.3, -0.25) is 14.5 Å². The molecule has 1 saturated heterocycles. The molecule has 0 spiro atoms. The summed E-state index contributed by atoms with van der Waals surface area (Å²) in [7, 11) is 0. The van der Waals surface area contributed by atoms with E-state index in [0.29, 0.717) is 13.1 Å². The number of anilines is 1. The van der Waals surface area contributed by atoms with E-state index in [-0.39, 0.29) is 29.5 Å². The van der Waals surface area contributed by atoms with Crippen LogP contribution in [0.3, 0.4) is 0 Å². The van der Waals surface area contributed by atoms with Gasteiger partial charge >= 0.3 is 0 Å². The number of rotatable bonds is 4. The second-order valence-electron chi connectivity index (χ2n) is 7.41. The van der Waals surface area contributed by atoms with Crippen molar-refractivity contribution in [2.45, 2.75) is 29.5 Å². The Kier molecular flexibility index (Phi) is 6.13. The minimum absolute atomic E-state index is 0.0436. The average molecular weight is 430 g/mol. The van der Waals surface area contributed by atoms with Crippen LogP contribution in [-0.2, 0) is 9.59 Å². The second kappa shape index (κ2) is 8.78. The largest absolute Gasteiger partial charge is 0.340 e. The Hall–Kier alpha value is -2.02. The second-order valence-corrected chi connectivity index (χ2v) is 9.06. The van der Waals surface area contributed by atoms with E-state index in [1.165, 1.54) is 11.8 Å². The van der Waals surface area contributed by atoms with Crippen molar-refractivity contribution in [3.05, 3.63) is 59.1 Å². The number of benzene rings is 2. The first kappa shape index (κ1) is 20.3. The Morgan fingerprint density at radius 3 is 2.59 bits per heavy atom. The van der Waals surface area contributed by atoms with E-state index in [0.717, 1.165) is 34.3 Å². The monoisotopic (exact) mass is 429 g/mol. The van der Waals surface area contributed by atoms with Crippen LogP contribution in [0.5, 0.6) is 0 Å². The highest BCUT2D eigenvalue weighted by molar-refractivity contribution is 8.01. The molecule has 0 saturated carbocycles. The molecule has 7 heteroatoms. The van der Waals surface area contributed by atoms with E-state index in [1.807, 2.05) is 47.4 Å². The third kappa shape index (κ3) is 4.44. The molecule has 1 fully saturated rings. The van der Waals surface area contributed by atoms with Gasteiger partial charge in [0, 0.05) is 48.6 Å². The molecule has 0 bridgehead atoms. The molecule has 0 aliphatic carbocycles. The molecule has 152 valence electrons. The Morgan fingerprint density at radius 1 is 1.14 bits per heavy atom. The van der Waals surface area contributed by atoms with E-state index in [9.17, 15) is 9.59 Å². The number of thioether (sulfide) groups is 1. The molecule has 4 rings (SSSR count). The van der Waals surface area contributed by atoms with Gasteiger partial charge in [0.05, 0.1) is 10.9 Å². The summed E-state index contributed by atoms with van der Waals surface area (Å²) in [6.07, 6.45) is 0.227. The maximum absolute atomic E-state index is 12.8. The lowest BCUT2D eigenvalue weighted by atomic mass is 10.1. The minimum Gasteiger partial charge on any atom is -0.340 e. The van der Waals surface area contributed by atoms with Crippen LogP contribution in [-0.4, -0.2) is 53.0 Å². The molecule has 1 N–H and O–H groups in total. The summed E-state index contributed by atoms with van der Waals surface area (Å²) in [5.41, 5.74) is 1.94. The molecule has 2 aliphatic heterocycles. The van der Waals surface area contributed by atoms with Crippen LogP contribution in [0.2, 0.25) is 5.02 Å². The number of carbonyl (C=O) groups excluding carboxylic acids is 2. The topological polar surface area (TPSA) is 52.6 Å². The molecule has 2 aliphatic rings. The molecule has 2 atom stereocenters. The predicted octanol–water partition coefficient (Wildman–Crippen LogP) is 4.05. The molecule has 29 heavy (non-hydrogen) atoms. The summed E-state index contributed by atoms with van der Waals surface area (Å²) in [5, 5.41) is 3.31. The highest BCUT2D eigenvalue weighted by Crippen LogP contribution is 2.37. The molecular weight excluding hydrogens is 406 g/mol. The fraction of sp³-hybridized carbons (Fsp3) is 0.364. The van der Waals surface area contributed by atoms with Crippen LogP contribution in [0.15, 0.2) is 53.4 Å². The maximum Gasteiger partial charge on any atom is 0.238 e. The van der Waals surface area contributed by atoms with E-state index in [2.05, 4.69) is 23.2 Å². The zero-order valence-electron chi connectivity index (χ0n) is 16.3. The van der Waals surface area contributed by atoms with Gasteiger partial charge in [-0.2, -0.15) is 0 Å². The van der Waals surface area contributed by atoms with Gasteiger partial charge in [0.15, 0.2) is 0 Å². The van der Waals surface area contributed by atoms with Crippen LogP contribution in [0, 0.1) is 0 Å². The average Bonchev–Trinajstić information content (AvgIpc) is 2.74. The van der Waals surface area contributed by atoms with Gasteiger partial charge in [0.2, 0.25) is 11.8 Å². The lowest BCUT2D eigenvalue weighted by molar-refractivity contribution is -0.134. The fourth-order valence-corrected chi connectivity index (χ4v) is 5.28. The minimum atomic E-state index is -0.377. The van der Waals surface area contributed by atoms with E-state index >= 15 is 0 Å². The highest BCUT2D eigenvalue weighted by Gasteiger charge is 2.32. The van der Waals surface area contributed by atoms with Crippen molar-refractivity contribution in [3.63, 3.8) is 0 Å². The molecule has 5 nitrogen and oxygen atoms in total. The van der Waals surface area contributed by atoms with Gasteiger partial charge in [0.25, 0.3) is 0 Å². The third-order valence-electron chi connectivity index (χ3n) is 5.64. The van der Waals surface area contributed by atoms with Crippen molar-refractivity contribution in [2.24, 2.45) is 0 Å². The van der Waals surface area contributed by atoms with Crippen molar-refractivity contribution in [1.82, 2.24) is 9.80 Å². The SMILES string of the molecule is CC(c1ccccc1Cl)N1CCN(C(=O)CC2Sc3ccccc3NC2=O)CC1. The summed E-state index contributed by atoms with van der Waals surface area (Å²) < 4.78 is 0. The van der Waals surface area contributed by atoms with Gasteiger partial charge in [0.1, 0.15) is 0 Å². The number of carbonyl (C=O) groups is 2. The van der Waals surface area contributed by atoms with Crippen molar-refractivity contribution < 1.29 is 9.59 Å². The molecule has 2 aromatic rings. The van der Waals surface area contributed by atoms with Gasteiger partial charge in [-0.15, -0.1) is 11.8 Å². The van der Waals surface area contributed by atoms with Crippen LogP contribution in [0.25, 0.3) is 0 Å². The third-order valence-corrected chi connectivity index (χ3v) is 7.26. The number of amides is 2. The van der Waals surface area contributed by atoms with E-state index in [1.54, 1.807) is 0 Å². The normalized spacial score (nSPS) is 20.7. The molecular formula is C22H24ClN3O2S. The summed E-state index contributed by atoms with van der Waals surface area (Å²) in [5.74, 6) is -0.0462. The summed E-state index contributed by atoms with van der Waals surface area (Å²) in [4.78, 5) is 30.4. The van der Waals surface area contributed by atoms with Crippen LogP contribution < -0.4 is 5.32 Å². The summed E-state index contributed by atoms with van der Waals surface area (Å²) in [6.45, 7) is 5.08. The number of nitrogens with zero attached hydrogens (tertiary/aromatic N) is 2. The van der Waals surface area contributed by atoms with Crippen molar-refractivity contribution >= 4 is 40.9 Å². The van der Waals surface area contributed by atoms with E-state index < -0.39 is 0 Å². The Labute approximate surface area is 180 Å². The first-order chi connectivity index (χ1) is 14.0. The van der Waals surface area contributed by atoms with Crippen LogP contribution >= 0.6 is 23.4 Å². The van der Waals surface area contributed by atoms with Crippen molar-refractivity contribution in [1.29, 1.82) is 0 Å². The first-order valence-corrected chi connectivity index (χ1v) is 11.1. The number of hydrogen-bond acceptors (Lipinski definition) is 4. The molecule has 2 aromatic carbocycles. The zero-order chi connectivity index (χ0) is 20.4. The number of fused-ring (bicyclic) bond motifs is 1. The number of nitrogens with one attached hydrogen (secondary N) is 1. The Balaban J connectivity index is 1.33. The summed E-state index contributed by atoms with van der Waals surface area (Å²) >= 11 is 7.82. The Morgan fingerprint density at radius 2 is 1.83 bits per heavy atom. The quantitative estimate of drug-likeness (QED) is 0.796. The van der Waals surface area contributed by atoms with Crippen LogP contribution in [0.4, 0.5) is 5.69 Å². The van der Waals surface area contributed by atoms with Gasteiger partial charge < -0.3 is 10.2 Å². The number of halogens is 1. The molecule has 2 heterocycles. The number of hydrogen-bond donors (Lipinski definition) is 1. The van der Waals surface area contributed by atoms with Crippen molar-refractivity contribution in [2.75, 3.05) is 31.5 Å². The van der Waals surface area contributed by atoms with E-state index in [4.69, 9.17) is 11.6 Å². The fourth-order valence-electron chi connectivity index (χ4n) is 3.88. The predicted molar refractivity (Wildman–Crippen MR) is 117 cm³/mol. The van der Waals surface area contributed by atoms with Gasteiger partial charge in [-0.1, -0.05) is 41.9 Å². The van der Waals surface area contributed by atoms with Crippen LogP contribution in [0.1, 0.15) is 24.9 Å². The molecule has 0 radical (unpaired) electrons. The lowest BCUT2D eigenvalue weighted by Crippen LogP contribution is -2.50. The highest BCUT2D eigenvalue weighted by atomic mass is 35.5. The van der Waals surface area contributed by atoms with Gasteiger partial charge in [-0.05, 0) is 30.7 Å². The molecule has 0 aromatic heterocycles. The molecule has 2 unspecified atom stereocenters. The zero-order valence-corrected chi connectivity index (χ0v) is 17.9. The number of piperazine rings is 1. The smallest absolute Gasteiger partial charge is 0.238 e. The van der Waals surface area contributed by atoms with Crippen molar-refractivity contribution in [3.8, 4) is 0 Å². The summed E-state index contributed by atoms with van der Waals surface area (Å²) in [6, 6.07) is 15.8. The lowest BCUT2D eigenvalue weighted by Gasteiger charge is -2.39. The number of para-hydroxylation sites is 1. The van der Waals surface area contributed by atoms with Gasteiger partial charge in [-0.25, -0.2) is 0 Å². The molecule has 2 amide bonds. The maximum atomic E-state index is 12.8. The Bertz CT molecular complexity index is 914. The first-order valence-electron chi connectivity index (χ1n) is 9.85. The standard InChI is InChI=1S/C22H24ClN3O2S/c1-15(16-6-2-3-7-17(16)23)25-10-12-26(13-11-25)21(27)14-20-22(28)24-18-8-4-5-9-19(18)29-20/h2-9,15,20H,10-14H2,1H3,(H,24,28).